The molecule has 0 radical (unpaired) electrons. The summed E-state index contributed by atoms with van der Waals surface area (Å²) in [6.07, 6.45) is 1.39. The zero-order valence-corrected chi connectivity index (χ0v) is 19.4. The number of para-hydroxylation sites is 1. The molecule has 0 fully saturated rings. The molecule has 180 valence electrons. The average Bonchev–Trinajstić information content (AvgIpc) is 2.86. The third-order valence-corrected chi connectivity index (χ3v) is 4.68. The minimum absolute atomic E-state index is 0.160. The topological polar surface area (TPSA) is 118 Å². The molecule has 0 saturated carbocycles. The zero-order chi connectivity index (χ0) is 25.0. The van der Waals surface area contributed by atoms with Crippen molar-refractivity contribution in [2.45, 2.75) is 13.8 Å². The Labute approximate surface area is 203 Å². The van der Waals surface area contributed by atoms with Gasteiger partial charge in [-0.15, -0.1) is 0 Å². The fourth-order valence-electron chi connectivity index (χ4n) is 2.91. The molecule has 0 aliphatic rings. The van der Waals surface area contributed by atoms with Crippen LogP contribution in [0, 0.1) is 6.92 Å². The van der Waals surface area contributed by atoms with Crippen molar-refractivity contribution in [3.8, 4) is 11.5 Å². The first-order valence-corrected chi connectivity index (χ1v) is 10.9. The van der Waals surface area contributed by atoms with Crippen molar-refractivity contribution in [2.75, 3.05) is 23.8 Å². The van der Waals surface area contributed by atoms with Crippen molar-refractivity contribution in [2.24, 2.45) is 5.10 Å². The van der Waals surface area contributed by atoms with Gasteiger partial charge in [0.15, 0.2) is 6.61 Å². The molecule has 0 saturated heterocycles. The predicted molar refractivity (Wildman–Crippen MR) is 134 cm³/mol. The summed E-state index contributed by atoms with van der Waals surface area (Å²) in [4.78, 5) is 36.0. The smallest absolute Gasteiger partial charge is 0.329 e. The van der Waals surface area contributed by atoms with E-state index in [9.17, 15) is 14.4 Å². The van der Waals surface area contributed by atoms with Crippen LogP contribution in [0.4, 0.5) is 11.4 Å². The van der Waals surface area contributed by atoms with E-state index in [2.05, 4.69) is 21.2 Å². The second-order valence-corrected chi connectivity index (χ2v) is 7.33. The van der Waals surface area contributed by atoms with Gasteiger partial charge in [0.2, 0.25) is 0 Å². The van der Waals surface area contributed by atoms with Crippen molar-refractivity contribution in [1.29, 1.82) is 0 Å². The number of hydrazone groups is 1. The number of hydrogen-bond donors (Lipinski definition) is 3. The fourth-order valence-corrected chi connectivity index (χ4v) is 2.91. The highest BCUT2D eigenvalue weighted by Gasteiger charge is 2.13. The highest BCUT2D eigenvalue weighted by atomic mass is 16.5. The van der Waals surface area contributed by atoms with E-state index in [4.69, 9.17) is 9.47 Å². The molecule has 3 aromatic rings. The number of hydrogen-bond acceptors (Lipinski definition) is 6. The van der Waals surface area contributed by atoms with Crippen molar-refractivity contribution in [3.63, 3.8) is 0 Å². The minimum atomic E-state index is -0.886. The molecule has 0 unspecified atom stereocenters. The maximum Gasteiger partial charge on any atom is 0.329 e. The maximum atomic E-state index is 12.1. The van der Waals surface area contributed by atoms with Crippen LogP contribution in [0.2, 0.25) is 0 Å². The van der Waals surface area contributed by atoms with Crippen LogP contribution in [-0.4, -0.2) is 37.1 Å². The van der Waals surface area contributed by atoms with E-state index in [1.54, 1.807) is 60.7 Å². The first kappa shape index (κ1) is 25.0. The summed E-state index contributed by atoms with van der Waals surface area (Å²) in [5, 5.41) is 9.07. The number of rotatable bonds is 9. The fraction of sp³-hybridized carbons (Fsp3) is 0.154. The first-order valence-electron chi connectivity index (χ1n) is 10.9. The van der Waals surface area contributed by atoms with E-state index in [-0.39, 0.29) is 12.5 Å². The Hall–Kier alpha value is -4.66. The highest BCUT2D eigenvalue weighted by Crippen LogP contribution is 2.16. The highest BCUT2D eigenvalue weighted by molar-refractivity contribution is 6.39. The molecule has 3 N–H and O–H groups in total. The number of benzene rings is 3. The third-order valence-electron chi connectivity index (χ3n) is 4.68. The quantitative estimate of drug-likeness (QED) is 0.249. The monoisotopic (exact) mass is 474 g/mol. The van der Waals surface area contributed by atoms with Crippen LogP contribution in [0.1, 0.15) is 18.1 Å². The summed E-state index contributed by atoms with van der Waals surface area (Å²) < 4.78 is 10.9. The lowest BCUT2D eigenvalue weighted by atomic mass is 10.2. The molecule has 0 aromatic heterocycles. The van der Waals surface area contributed by atoms with Crippen molar-refractivity contribution in [1.82, 2.24) is 5.43 Å². The molecule has 0 aliphatic carbocycles. The Kier molecular flexibility index (Phi) is 8.95. The lowest BCUT2D eigenvalue weighted by Gasteiger charge is -2.09. The Morgan fingerprint density at radius 3 is 2.17 bits per heavy atom. The van der Waals surface area contributed by atoms with E-state index in [0.717, 1.165) is 11.3 Å². The molecule has 3 amide bonds. The van der Waals surface area contributed by atoms with Gasteiger partial charge in [-0.1, -0.05) is 18.2 Å². The standard InChI is InChI=1S/C26H26N4O5/c1-3-34-21-14-10-20(11-15-21)28-24(31)17-35-22-12-8-19(9-13-22)16-27-30-26(33)25(32)29-23-7-5-4-6-18(23)2/h4-16H,3,17H2,1-2H3,(H,28,31)(H,29,32)(H,30,33)/b27-16-. The van der Waals surface area contributed by atoms with Crippen molar-refractivity contribution in [3.05, 3.63) is 83.9 Å². The van der Waals surface area contributed by atoms with Crippen molar-refractivity contribution < 1.29 is 23.9 Å². The maximum absolute atomic E-state index is 12.1. The van der Waals surface area contributed by atoms with Crippen LogP contribution >= 0.6 is 0 Å². The first-order chi connectivity index (χ1) is 16.9. The number of carbonyl (C=O) groups is 3. The molecule has 0 aliphatic heterocycles. The van der Waals surface area contributed by atoms with E-state index >= 15 is 0 Å². The normalized spacial score (nSPS) is 10.5. The third kappa shape index (κ3) is 8.01. The molecule has 3 rings (SSSR count). The number of carbonyl (C=O) groups excluding carboxylic acids is 3. The number of aryl methyl sites for hydroxylation is 1. The summed E-state index contributed by atoms with van der Waals surface area (Å²) in [5.74, 6) is -0.778. The second kappa shape index (κ2) is 12.5. The van der Waals surface area contributed by atoms with Gasteiger partial charge in [0.05, 0.1) is 12.8 Å². The SMILES string of the molecule is CCOc1ccc(NC(=O)COc2ccc(/C=N\NC(=O)C(=O)Nc3ccccc3C)cc2)cc1. The van der Waals surface area contributed by atoms with Gasteiger partial charge in [0.1, 0.15) is 11.5 Å². The zero-order valence-electron chi connectivity index (χ0n) is 19.4. The van der Waals surface area contributed by atoms with Gasteiger partial charge < -0.3 is 20.1 Å². The van der Waals surface area contributed by atoms with E-state index in [1.165, 1.54) is 6.21 Å². The molecular weight excluding hydrogens is 448 g/mol. The Morgan fingerprint density at radius 1 is 0.829 bits per heavy atom. The molecule has 0 spiro atoms. The lowest BCUT2D eigenvalue weighted by Crippen LogP contribution is -2.32. The number of nitrogens with one attached hydrogen (secondary N) is 3. The predicted octanol–water partition coefficient (Wildman–Crippen LogP) is 3.50. The van der Waals surface area contributed by atoms with E-state index in [1.807, 2.05) is 26.0 Å². The van der Waals surface area contributed by atoms with E-state index < -0.39 is 11.8 Å². The van der Waals surface area contributed by atoms with Crippen LogP contribution < -0.4 is 25.5 Å². The molecule has 9 heteroatoms. The van der Waals surface area contributed by atoms with Crippen LogP contribution in [-0.2, 0) is 14.4 Å². The molecular formula is C26H26N4O5. The molecule has 3 aromatic carbocycles. The Balaban J connectivity index is 1.42. The van der Waals surface area contributed by atoms with Gasteiger partial charge in [0, 0.05) is 11.4 Å². The van der Waals surface area contributed by atoms with Gasteiger partial charge in [-0.25, -0.2) is 5.43 Å². The summed E-state index contributed by atoms with van der Waals surface area (Å²) in [5.41, 5.74) is 4.89. The van der Waals surface area contributed by atoms with Crippen LogP contribution in [0.25, 0.3) is 0 Å². The summed E-state index contributed by atoms with van der Waals surface area (Å²) in [6, 6.07) is 20.9. The number of ether oxygens (including phenoxy) is 2. The van der Waals surface area contributed by atoms with Gasteiger partial charge in [0.25, 0.3) is 5.91 Å². The number of nitrogens with zero attached hydrogens (tertiary/aromatic N) is 1. The number of amides is 3. The largest absolute Gasteiger partial charge is 0.494 e. The summed E-state index contributed by atoms with van der Waals surface area (Å²) in [6.45, 7) is 4.14. The average molecular weight is 475 g/mol. The molecule has 35 heavy (non-hydrogen) atoms. The summed E-state index contributed by atoms with van der Waals surface area (Å²) in [7, 11) is 0. The van der Waals surface area contributed by atoms with Crippen LogP contribution in [0.15, 0.2) is 77.9 Å². The molecule has 0 atom stereocenters. The summed E-state index contributed by atoms with van der Waals surface area (Å²) >= 11 is 0. The number of anilines is 2. The van der Waals surface area contributed by atoms with Gasteiger partial charge in [-0.2, -0.15) is 5.10 Å². The molecule has 0 bridgehead atoms. The molecule has 0 heterocycles. The van der Waals surface area contributed by atoms with Crippen LogP contribution in [0.3, 0.4) is 0 Å². The van der Waals surface area contributed by atoms with Gasteiger partial charge in [-0.05, 0) is 79.6 Å². The second-order valence-electron chi connectivity index (χ2n) is 7.33. The Morgan fingerprint density at radius 2 is 1.49 bits per heavy atom. The van der Waals surface area contributed by atoms with Crippen LogP contribution in [0.5, 0.6) is 11.5 Å². The van der Waals surface area contributed by atoms with E-state index in [0.29, 0.717) is 29.3 Å². The molecule has 9 nitrogen and oxygen atoms in total. The van der Waals surface area contributed by atoms with Gasteiger partial charge in [-0.3, -0.25) is 14.4 Å². The van der Waals surface area contributed by atoms with Crippen molar-refractivity contribution >= 4 is 35.3 Å². The minimum Gasteiger partial charge on any atom is -0.494 e. The van der Waals surface area contributed by atoms with Gasteiger partial charge >= 0.3 is 11.8 Å². The lowest BCUT2D eigenvalue weighted by molar-refractivity contribution is -0.136. The Bertz CT molecular complexity index is 1190.